The van der Waals surface area contributed by atoms with Gasteiger partial charge in [0.1, 0.15) is 0 Å². The normalized spacial score (nSPS) is 14.2. The molecule has 0 saturated carbocycles. The van der Waals surface area contributed by atoms with Crippen LogP contribution >= 0.6 is 15.8 Å². The fraction of sp³-hybridized carbons (Fsp3) is 0.0488. The summed E-state index contributed by atoms with van der Waals surface area (Å²) in [6.45, 7) is 0. The van der Waals surface area contributed by atoms with Crippen molar-refractivity contribution in [2.24, 2.45) is 0 Å². The maximum absolute atomic E-state index is 12.1. The van der Waals surface area contributed by atoms with Crippen molar-refractivity contribution < 1.29 is 22.2 Å². The Balaban J connectivity index is 0.000000609. The van der Waals surface area contributed by atoms with Crippen LogP contribution in [0.5, 0.6) is 0 Å². The van der Waals surface area contributed by atoms with Gasteiger partial charge in [-0.05, 0) is 59.7 Å². The van der Waals surface area contributed by atoms with Crippen LogP contribution in [0.2, 0.25) is 0 Å². The summed E-state index contributed by atoms with van der Waals surface area (Å²) in [5.41, 5.74) is 0.972. The average Bonchev–Trinajstić information content (AvgIpc) is 3.84. The first-order valence-corrected chi connectivity index (χ1v) is 17.6. The molecule has 2 aliphatic carbocycles. The zero-order valence-electron chi connectivity index (χ0n) is 24.9. The van der Waals surface area contributed by atoms with Crippen LogP contribution in [-0.2, 0) is 17.1 Å². The van der Waals surface area contributed by atoms with E-state index in [9.17, 15) is 5.11 Å². The molecular weight excluding hydrogens is 626 g/mol. The third kappa shape index (κ3) is 7.98. The molecule has 7 rings (SSSR count). The fourth-order valence-electron chi connectivity index (χ4n) is 5.50. The smallest absolute Gasteiger partial charge is 0.0941 e. The van der Waals surface area contributed by atoms with Crippen molar-refractivity contribution in [1.29, 1.82) is 0 Å². The second-order valence-corrected chi connectivity index (χ2v) is 14.8. The summed E-state index contributed by atoms with van der Waals surface area (Å²) >= 11 is 0. The maximum atomic E-state index is 12.1. The minimum absolute atomic E-state index is 0. The third-order valence-electron chi connectivity index (χ3n) is 7.55. The van der Waals surface area contributed by atoms with Crippen molar-refractivity contribution in [2.75, 3.05) is 0 Å². The largest absolute Gasteiger partial charge is 0.387 e. The molecule has 4 heteroatoms. The first-order chi connectivity index (χ1) is 21.8. The van der Waals surface area contributed by atoms with E-state index < -0.39 is 21.9 Å². The summed E-state index contributed by atoms with van der Waals surface area (Å²) in [5, 5.41) is 19.6. The molecule has 45 heavy (non-hydrogen) atoms. The summed E-state index contributed by atoms with van der Waals surface area (Å²) in [7, 11) is -1.66. The molecule has 1 N–H and O–H groups in total. The summed E-state index contributed by atoms with van der Waals surface area (Å²) in [5.74, 6) is 0.984. The molecule has 5 aromatic carbocycles. The predicted molar refractivity (Wildman–Crippen MR) is 193 cm³/mol. The molecule has 223 valence electrons. The summed E-state index contributed by atoms with van der Waals surface area (Å²) in [6, 6.07) is 51.2. The van der Waals surface area contributed by atoms with E-state index in [1.807, 2.05) is 6.07 Å². The van der Waals surface area contributed by atoms with Crippen LogP contribution in [0.4, 0.5) is 0 Å². The van der Waals surface area contributed by atoms with Gasteiger partial charge in [0.2, 0.25) is 0 Å². The number of aliphatic hydroxyl groups is 1. The van der Waals surface area contributed by atoms with Crippen LogP contribution in [0, 0.1) is 5.92 Å². The van der Waals surface area contributed by atoms with Gasteiger partial charge in [-0.15, -0.1) is 0 Å². The molecule has 2 aliphatic rings. The second-order valence-electron chi connectivity index (χ2n) is 10.4. The Kier molecular flexibility index (Phi) is 12.1. The molecule has 5 aromatic rings. The van der Waals surface area contributed by atoms with E-state index in [-0.39, 0.29) is 17.1 Å². The zero-order chi connectivity index (χ0) is 30.0. The van der Waals surface area contributed by atoms with Gasteiger partial charge in [0, 0.05) is 17.1 Å². The molecule has 0 fully saturated rings. The molecular formula is C41H35FeOP2. The van der Waals surface area contributed by atoms with Crippen LogP contribution in [0.15, 0.2) is 193 Å². The van der Waals surface area contributed by atoms with Crippen molar-refractivity contribution in [1.82, 2.24) is 0 Å². The van der Waals surface area contributed by atoms with Gasteiger partial charge in [0.25, 0.3) is 0 Å². The van der Waals surface area contributed by atoms with E-state index in [4.69, 9.17) is 0 Å². The second kappa shape index (κ2) is 16.6. The quantitative estimate of drug-likeness (QED) is 0.132. The minimum Gasteiger partial charge on any atom is -0.387 e. The Morgan fingerprint density at radius 3 is 1.36 bits per heavy atom. The SMILES string of the molecule is C1=CCC=C1.O[C@H]([C]1C=CC=C1P(c1ccccc1)c1ccccc1)c1ccccc1P(c1ccccc1)c1ccccc1.[Fe]. The van der Waals surface area contributed by atoms with E-state index in [2.05, 4.69) is 182 Å². The van der Waals surface area contributed by atoms with E-state index in [1.54, 1.807) is 0 Å². The maximum Gasteiger partial charge on any atom is 0.0941 e. The van der Waals surface area contributed by atoms with Crippen LogP contribution < -0.4 is 26.5 Å². The van der Waals surface area contributed by atoms with Gasteiger partial charge in [-0.1, -0.05) is 188 Å². The van der Waals surface area contributed by atoms with Crippen LogP contribution in [-0.4, -0.2) is 5.11 Å². The minimum atomic E-state index is -0.842. The van der Waals surface area contributed by atoms with Crippen molar-refractivity contribution in [3.8, 4) is 0 Å². The van der Waals surface area contributed by atoms with Gasteiger partial charge in [0.05, 0.1) is 12.0 Å². The Labute approximate surface area is 280 Å². The van der Waals surface area contributed by atoms with Crippen LogP contribution in [0.25, 0.3) is 0 Å². The molecule has 0 aromatic heterocycles. The number of aliphatic hydroxyl groups excluding tert-OH is 1. The van der Waals surface area contributed by atoms with Gasteiger partial charge in [0.15, 0.2) is 0 Å². The van der Waals surface area contributed by atoms with Gasteiger partial charge in [-0.2, -0.15) is 0 Å². The molecule has 0 aliphatic heterocycles. The first-order valence-electron chi connectivity index (χ1n) is 15.0. The van der Waals surface area contributed by atoms with Crippen molar-refractivity contribution in [3.63, 3.8) is 0 Å². The Hall–Kier alpha value is -3.60. The predicted octanol–water partition coefficient (Wildman–Crippen LogP) is 8.14. The molecule has 1 radical (unpaired) electrons. The molecule has 0 bridgehead atoms. The topological polar surface area (TPSA) is 20.2 Å². The van der Waals surface area contributed by atoms with Crippen LogP contribution in [0.1, 0.15) is 18.1 Å². The van der Waals surface area contributed by atoms with Crippen molar-refractivity contribution >= 4 is 42.4 Å². The van der Waals surface area contributed by atoms with E-state index >= 15 is 0 Å². The number of rotatable bonds is 8. The first kappa shape index (κ1) is 32.8. The van der Waals surface area contributed by atoms with E-state index in [1.165, 1.54) is 31.8 Å². The Bertz CT molecular complexity index is 1660. The standard InChI is InChI=1S/C36H29OP2.C5H6.Fe/c37-36(33-25-15-27-35(33)39(30-20-9-3-10-21-30)31-22-11-4-12-23-31)32-24-13-14-26-34(32)38(28-16-5-1-6-17-28)29-18-7-2-8-19-29;1-2-4-5-3-1;/h1-27,36-37H;1-4H,5H2;/t36-;;/m0../s1. The molecule has 0 unspecified atom stereocenters. The fourth-order valence-corrected chi connectivity index (χ4v) is 10.5. The van der Waals surface area contributed by atoms with Gasteiger partial charge >= 0.3 is 0 Å². The van der Waals surface area contributed by atoms with E-state index in [0.717, 1.165) is 17.9 Å². The van der Waals surface area contributed by atoms with Crippen molar-refractivity contribution in [3.05, 3.63) is 205 Å². The third-order valence-corrected chi connectivity index (χ3v) is 12.6. The Morgan fingerprint density at radius 2 is 0.911 bits per heavy atom. The molecule has 1 nitrogen and oxygen atoms in total. The summed E-state index contributed by atoms with van der Waals surface area (Å²) in [6.07, 6.45) is 15.2. The number of hydrogen-bond donors (Lipinski definition) is 1. The van der Waals surface area contributed by atoms with Gasteiger partial charge < -0.3 is 5.11 Å². The number of benzene rings is 5. The zero-order valence-corrected chi connectivity index (χ0v) is 27.8. The number of allylic oxidation sites excluding steroid dienone is 6. The summed E-state index contributed by atoms with van der Waals surface area (Å²) in [4.78, 5) is 0. The summed E-state index contributed by atoms with van der Waals surface area (Å²) < 4.78 is 0. The molecule has 1 atom stereocenters. The average molecular weight is 662 g/mol. The number of hydrogen-bond acceptors (Lipinski definition) is 1. The molecule has 0 spiro atoms. The van der Waals surface area contributed by atoms with Crippen LogP contribution in [0.3, 0.4) is 0 Å². The van der Waals surface area contributed by atoms with Crippen molar-refractivity contribution in [2.45, 2.75) is 12.5 Å². The molecule has 0 heterocycles. The van der Waals surface area contributed by atoms with Gasteiger partial charge in [-0.25, -0.2) is 0 Å². The van der Waals surface area contributed by atoms with Gasteiger partial charge in [-0.3, -0.25) is 0 Å². The molecule has 0 saturated heterocycles. The Morgan fingerprint density at radius 1 is 0.489 bits per heavy atom. The monoisotopic (exact) mass is 661 g/mol. The molecule has 0 amide bonds. The van der Waals surface area contributed by atoms with E-state index in [0.29, 0.717) is 0 Å².